The average molecular weight is 285 g/mol. The van der Waals surface area contributed by atoms with E-state index in [-0.39, 0.29) is 0 Å². The first kappa shape index (κ1) is 15.7. The minimum Gasteiger partial charge on any atom is -0.316 e. The second-order valence-electron chi connectivity index (χ2n) is 6.48. The van der Waals surface area contributed by atoms with Crippen LogP contribution in [0.15, 0.2) is 0 Å². The van der Waals surface area contributed by atoms with Gasteiger partial charge in [0.15, 0.2) is 0 Å². The van der Waals surface area contributed by atoms with E-state index >= 15 is 0 Å². The molecule has 0 radical (unpaired) electrons. The molecule has 2 nitrogen and oxygen atoms in total. The van der Waals surface area contributed by atoms with Gasteiger partial charge < -0.3 is 10.2 Å². The Morgan fingerprint density at radius 1 is 1.21 bits per heavy atom. The molecular weight excluding hydrogens is 252 g/mol. The van der Waals surface area contributed by atoms with Crippen molar-refractivity contribution in [3.8, 4) is 0 Å². The topological polar surface area (TPSA) is 15.3 Å². The second kappa shape index (κ2) is 7.90. The Morgan fingerprint density at radius 3 is 2.68 bits per heavy atom. The number of nitrogens with zero attached hydrogens (tertiary/aromatic N) is 1. The maximum absolute atomic E-state index is 3.64. The Kier molecular flexibility index (Phi) is 6.51. The minimum absolute atomic E-state index is 0.578. The van der Waals surface area contributed by atoms with Crippen molar-refractivity contribution in [2.24, 2.45) is 5.41 Å². The number of hydrogen-bond acceptors (Lipinski definition) is 3. The van der Waals surface area contributed by atoms with Crippen LogP contribution in [-0.4, -0.2) is 48.6 Å². The smallest absolute Gasteiger partial charge is 0.0172 e. The summed E-state index contributed by atoms with van der Waals surface area (Å²) in [5.74, 6) is 1.34. The van der Waals surface area contributed by atoms with Crippen LogP contribution >= 0.6 is 11.8 Å². The van der Waals surface area contributed by atoms with Crippen LogP contribution in [0.3, 0.4) is 0 Å². The third kappa shape index (κ3) is 4.64. The number of thioether (sulfide) groups is 1. The summed E-state index contributed by atoms with van der Waals surface area (Å²) in [6.07, 6.45) is 8.58. The largest absolute Gasteiger partial charge is 0.316 e. The summed E-state index contributed by atoms with van der Waals surface area (Å²) in [4.78, 5) is 2.77. The zero-order chi connectivity index (χ0) is 13.6. The first-order valence-corrected chi connectivity index (χ1v) is 9.37. The van der Waals surface area contributed by atoms with Crippen LogP contribution in [-0.2, 0) is 0 Å². The van der Waals surface area contributed by atoms with Gasteiger partial charge in [-0.25, -0.2) is 0 Å². The minimum atomic E-state index is 0.578. The van der Waals surface area contributed by atoms with Gasteiger partial charge in [0, 0.05) is 37.2 Å². The highest BCUT2D eigenvalue weighted by Crippen LogP contribution is 2.37. The van der Waals surface area contributed by atoms with Gasteiger partial charge in [0.05, 0.1) is 0 Å². The quantitative estimate of drug-likeness (QED) is 0.805. The molecule has 2 rings (SSSR count). The fraction of sp³-hybridized carbons (Fsp3) is 1.00. The summed E-state index contributed by atoms with van der Waals surface area (Å²) in [6, 6.07) is 0. The van der Waals surface area contributed by atoms with Gasteiger partial charge in [0.2, 0.25) is 0 Å². The zero-order valence-corrected chi connectivity index (χ0v) is 13.7. The van der Waals surface area contributed by atoms with Crippen molar-refractivity contribution in [1.29, 1.82) is 0 Å². The van der Waals surface area contributed by atoms with Crippen molar-refractivity contribution in [1.82, 2.24) is 10.2 Å². The van der Waals surface area contributed by atoms with E-state index < -0.39 is 0 Å². The Balaban J connectivity index is 1.90. The average Bonchev–Trinajstić information content (AvgIpc) is 2.46. The van der Waals surface area contributed by atoms with E-state index in [2.05, 4.69) is 35.8 Å². The Labute approximate surface area is 124 Å². The molecule has 1 aliphatic carbocycles. The molecule has 0 spiro atoms. The van der Waals surface area contributed by atoms with E-state index in [1.807, 2.05) is 0 Å². The van der Waals surface area contributed by atoms with Gasteiger partial charge >= 0.3 is 0 Å². The Hall–Kier alpha value is 0.270. The van der Waals surface area contributed by atoms with E-state index in [4.69, 9.17) is 0 Å². The predicted octanol–water partition coefficient (Wildman–Crippen LogP) is 3.37. The van der Waals surface area contributed by atoms with E-state index in [1.54, 1.807) is 0 Å². The van der Waals surface area contributed by atoms with Crippen LogP contribution in [0.4, 0.5) is 0 Å². The normalized spacial score (nSPS) is 28.4. The van der Waals surface area contributed by atoms with Crippen molar-refractivity contribution in [3.63, 3.8) is 0 Å². The van der Waals surface area contributed by atoms with Crippen molar-refractivity contribution in [2.75, 3.05) is 38.5 Å². The molecule has 19 heavy (non-hydrogen) atoms. The van der Waals surface area contributed by atoms with Gasteiger partial charge in [-0.3, -0.25) is 0 Å². The summed E-state index contributed by atoms with van der Waals surface area (Å²) < 4.78 is 0. The van der Waals surface area contributed by atoms with Gasteiger partial charge in [-0.1, -0.05) is 33.1 Å². The molecule has 112 valence electrons. The molecule has 1 N–H and O–H groups in total. The first-order valence-electron chi connectivity index (χ1n) is 8.33. The summed E-state index contributed by atoms with van der Waals surface area (Å²) >= 11 is 2.19. The molecule has 0 bridgehead atoms. The summed E-state index contributed by atoms with van der Waals surface area (Å²) in [6.45, 7) is 10.9. The second-order valence-corrected chi connectivity index (χ2v) is 7.89. The molecule has 0 amide bonds. The van der Waals surface area contributed by atoms with Crippen molar-refractivity contribution in [3.05, 3.63) is 0 Å². The standard InChI is InChI=1S/C16H32N2S/c1-3-15-12-18(10-11-19-15)14-16(13-17-4-2)8-6-5-7-9-16/h15,17H,3-14H2,1-2H3. The molecule has 0 aromatic heterocycles. The van der Waals surface area contributed by atoms with Crippen LogP contribution in [0.5, 0.6) is 0 Å². The predicted molar refractivity (Wildman–Crippen MR) is 87.0 cm³/mol. The van der Waals surface area contributed by atoms with Gasteiger partial charge in [0.1, 0.15) is 0 Å². The van der Waals surface area contributed by atoms with Gasteiger partial charge in [-0.15, -0.1) is 0 Å². The molecule has 1 heterocycles. The molecule has 1 aliphatic heterocycles. The van der Waals surface area contributed by atoms with Crippen molar-refractivity contribution in [2.45, 2.75) is 57.6 Å². The zero-order valence-electron chi connectivity index (χ0n) is 12.9. The van der Waals surface area contributed by atoms with Crippen LogP contribution in [0.1, 0.15) is 52.4 Å². The van der Waals surface area contributed by atoms with Gasteiger partial charge in [-0.05, 0) is 31.2 Å². The summed E-state index contributed by atoms with van der Waals surface area (Å²) in [5, 5.41) is 4.52. The van der Waals surface area contributed by atoms with Crippen molar-refractivity contribution >= 4 is 11.8 Å². The molecule has 3 heteroatoms. The molecular formula is C16H32N2S. The fourth-order valence-electron chi connectivity index (χ4n) is 3.73. The molecule has 2 fully saturated rings. The lowest BCUT2D eigenvalue weighted by atomic mass is 9.73. The van der Waals surface area contributed by atoms with E-state index in [0.717, 1.165) is 11.8 Å². The Morgan fingerprint density at radius 2 is 2.00 bits per heavy atom. The highest BCUT2D eigenvalue weighted by Gasteiger charge is 2.34. The van der Waals surface area contributed by atoms with Crippen LogP contribution in [0.2, 0.25) is 0 Å². The molecule has 0 aromatic carbocycles. The number of rotatable bonds is 6. The fourth-order valence-corrected chi connectivity index (χ4v) is 4.98. The first-order chi connectivity index (χ1) is 9.28. The van der Waals surface area contributed by atoms with Gasteiger partial charge in [0.25, 0.3) is 0 Å². The lowest BCUT2D eigenvalue weighted by Gasteiger charge is -2.43. The SMILES string of the molecule is CCNCC1(CN2CCSC(CC)C2)CCCCC1. The molecule has 1 saturated carbocycles. The van der Waals surface area contributed by atoms with Crippen LogP contribution in [0, 0.1) is 5.41 Å². The lowest BCUT2D eigenvalue weighted by Crippen LogP contribution is -2.49. The van der Waals surface area contributed by atoms with Crippen LogP contribution < -0.4 is 5.32 Å². The van der Waals surface area contributed by atoms with Gasteiger partial charge in [-0.2, -0.15) is 11.8 Å². The molecule has 2 aliphatic rings. The van der Waals surface area contributed by atoms with E-state index in [0.29, 0.717) is 5.41 Å². The molecule has 1 saturated heterocycles. The Bertz CT molecular complexity index is 251. The summed E-state index contributed by atoms with van der Waals surface area (Å²) in [5.41, 5.74) is 0.578. The third-order valence-corrected chi connectivity index (χ3v) is 6.27. The summed E-state index contributed by atoms with van der Waals surface area (Å²) in [7, 11) is 0. The van der Waals surface area contributed by atoms with E-state index in [1.165, 1.54) is 70.5 Å². The van der Waals surface area contributed by atoms with Crippen LogP contribution in [0.25, 0.3) is 0 Å². The highest BCUT2D eigenvalue weighted by atomic mass is 32.2. The highest BCUT2D eigenvalue weighted by molar-refractivity contribution is 8.00. The molecule has 0 aromatic rings. The van der Waals surface area contributed by atoms with E-state index in [9.17, 15) is 0 Å². The number of hydrogen-bond donors (Lipinski definition) is 1. The van der Waals surface area contributed by atoms with Crippen molar-refractivity contribution < 1.29 is 0 Å². The number of nitrogens with one attached hydrogen (secondary N) is 1. The maximum atomic E-state index is 3.64. The third-order valence-electron chi connectivity index (χ3n) is 4.90. The maximum Gasteiger partial charge on any atom is 0.0172 e. The molecule has 1 atom stereocenters. The monoisotopic (exact) mass is 284 g/mol. The lowest BCUT2D eigenvalue weighted by molar-refractivity contribution is 0.104. The molecule has 1 unspecified atom stereocenters.